The van der Waals surface area contributed by atoms with E-state index in [1.807, 2.05) is 0 Å². The van der Waals surface area contributed by atoms with Crippen LogP contribution in [0.3, 0.4) is 0 Å². The molecule has 0 fully saturated rings. The van der Waals surface area contributed by atoms with Gasteiger partial charge in [-0.2, -0.15) is 0 Å². The molecule has 0 unspecified atom stereocenters. The van der Waals surface area contributed by atoms with Crippen molar-refractivity contribution in [3.05, 3.63) is 71.4 Å². The summed E-state index contributed by atoms with van der Waals surface area (Å²) in [6, 6.07) is 10.6. The average Bonchev–Trinajstić information content (AvgIpc) is 2.80. The van der Waals surface area contributed by atoms with Crippen molar-refractivity contribution < 1.29 is 18.4 Å². The Morgan fingerprint density at radius 3 is 2.22 bits per heavy atom. The molecule has 2 aromatic rings. The van der Waals surface area contributed by atoms with Gasteiger partial charge in [-0.25, -0.2) is 13.7 Å². The monoisotopic (exact) mass is 314 g/mol. The zero-order valence-electron chi connectivity index (χ0n) is 12.1. The number of hydrogen-bond acceptors (Lipinski definition) is 3. The van der Waals surface area contributed by atoms with E-state index in [0.29, 0.717) is 5.69 Å². The number of hydrogen-bond donors (Lipinski definition) is 1. The van der Waals surface area contributed by atoms with Crippen LogP contribution in [0.2, 0.25) is 0 Å². The van der Waals surface area contributed by atoms with E-state index in [9.17, 15) is 18.4 Å². The van der Waals surface area contributed by atoms with Gasteiger partial charge in [0.25, 0.3) is 11.8 Å². The van der Waals surface area contributed by atoms with Gasteiger partial charge in [-0.3, -0.25) is 9.59 Å². The molecule has 2 amide bonds. The van der Waals surface area contributed by atoms with Crippen molar-refractivity contribution in [2.45, 2.75) is 6.92 Å². The first-order valence-electron chi connectivity index (χ1n) is 6.85. The number of nitrogens with zero attached hydrogens (tertiary/aromatic N) is 1. The van der Waals surface area contributed by atoms with Crippen LogP contribution in [0.1, 0.15) is 5.56 Å². The van der Waals surface area contributed by atoms with Gasteiger partial charge in [0.1, 0.15) is 17.3 Å². The maximum absolute atomic E-state index is 13.6. The highest BCUT2D eigenvalue weighted by Gasteiger charge is 2.32. The Balaban J connectivity index is 1.87. The molecule has 0 bridgehead atoms. The molecule has 0 atom stereocenters. The maximum atomic E-state index is 13.6. The normalized spacial score (nSPS) is 14.2. The lowest BCUT2D eigenvalue weighted by Crippen LogP contribution is -2.31. The molecule has 4 nitrogen and oxygen atoms in total. The highest BCUT2D eigenvalue weighted by Crippen LogP contribution is 2.25. The SMILES string of the molecule is Cc1c(F)cc(NC2=CC(=O)N(c3ccccc3)C2=O)cc1F. The van der Waals surface area contributed by atoms with Crippen molar-refractivity contribution >= 4 is 23.2 Å². The molecular formula is C17H12F2N2O2. The van der Waals surface area contributed by atoms with E-state index in [-0.39, 0.29) is 16.9 Å². The van der Waals surface area contributed by atoms with Crippen molar-refractivity contribution in [3.8, 4) is 0 Å². The average molecular weight is 314 g/mol. The van der Waals surface area contributed by atoms with Crippen LogP contribution in [0.4, 0.5) is 20.2 Å². The van der Waals surface area contributed by atoms with E-state index in [1.165, 1.54) is 6.92 Å². The molecule has 2 aromatic carbocycles. The molecule has 0 saturated carbocycles. The zero-order chi connectivity index (χ0) is 16.6. The second kappa shape index (κ2) is 5.64. The third kappa shape index (κ3) is 2.70. The van der Waals surface area contributed by atoms with E-state index in [4.69, 9.17) is 0 Å². The number of rotatable bonds is 3. The van der Waals surface area contributed by atoms with E-state index >= 15 is 0 Å². The van der Waals surface area contributed by atoms with Gasteiger partial charge in [0.2, 0.25) is 0 Å². The second-order valence-corrected chi connectivity index (χ2v) is 5.06. The molecule has 1 aliphatic rings. The molecule has 0 aromatic heterocycles. The van der Waals surface area contributed by atoms with Crippen molar-refractivity contribution in [2.75, 3.05) is 10.2 Å². The fourth-order valence-corrected chi connectivity index (χ4v) is 2.25. The lowest BCUT2D eigenvalue weighted by Gasteiger charge is -2.15. The lowest BCUT2D eigenvalue weighted by molar-refractivity contribution is -0.120. The quantitative estimate of drug-likeness (QED) is 0.886. The third-order valence-corrected chi connectivity index (χ3v) is 3.50. The molecule has 1 heterocycles. The van der Waals surface area contributed by atoms with Crippen LogP contribution in [0.15, 0.2) is 54.2 Å². The molecule has 116 valence electrons. The van der Waals surface area contributed by atoms with Gasteiger partial charge in [-0.15, -0.1) is 0 Å². The van der Waals surface area contributed by atoms with Gasteiger partial charge in [0, 0.05) is 17.3 Å². The van der Waals surface area contributed by atoms with Crippen LogP contribution >= 0.6 is 0 Å². The van der Waals surface area contributed by atoms with Crippen molar-refractivity contribution in [3.63, 3.8) is 0 Å². The number of imide groups is 1. The van der Waals surface area contributed by atoms with E-state index < -0.39 is 23.4 Å². The van der Waals surface area contributed by atoms with Crippen LogP contribution in [-0.2, 0) is 9.59 Å². The zero-order valence-corrected chi connectivity index (χ0v) is 12.1. The minimum Gasteiger partial charge on any atom is -0.351 e. The lowest BCUT2D eigenvalue weighted by atomic mass is 10.2. The number of benzene rings is 2. The molecule has 0 radical (unpaired) electrons. The molecule has 1 aliphatic heterocycles. The Morgan fingerprint density at radius 2 is 1.61 bits per heavy atom. The molecule has 3 rings (SSSR count). The molecule has 0 spiro atoms. The van der Waals surface area contributed by atoms with Gasteiger partial charge in [0.15, 0.2) is 0 Å². The number of para-hydroxylation sites is 1. The molecular weight excluding hydrogens is 302 g/mol. The van der Waals surface area contributed by atoms with Crippen molar-refractivity contribution in [1.82, 2.24) is 0 Å². The Bertz CT molecular complexity index is 809. The third-order valence-electron chi connectivity index (χ3n) is 3.50. The van der Waals surface area contributed by atoms with Crippen LogP contribution in [0, 0.1) is 18.6 Å². The number of halogens is 2. The number of nitrogens with one attached hydrogen (secondary N) is 1. The van der Waals surface area contributed by atoms with Gasteiger partial charge in [0.05, 0.1) is 5.69 Å². The first-order valence-corrected chi connectivity index (χ1v) is 6.85. The largest absolute Gasteiger partial charge is 0.351 e. The van der Waals surface area contributed by atoms with E-state index in [0.717, 1.165) is 23.1 Å². The predicted octanol–water partition coefficient (Wildman–Crippen LogP) is 3.14. The number of carbonyl (C=O) groups is 2. The fourth-order valence-electron chi connectivity index (χ4n) is 2.25. The summed E-state index contributed by atoms with van der Waals surface area (Å²) in [5.41, 5.74) is 0.343. The van der Waals surface area contributed by atoms with E-state index in [1.54, 1.807) is 30.3 Å². The summed E-state index contributed by atoms with van der Waals surface area (Å²) >= 11 is 0. The van der Waals surface area contributed by atoms with Crippen LogP contribution in [0.25, 0.3) is 0 Å². The summed E-state index contributed by atoms with van der Waals surface area (Å²) in [5, 5.41) is 2.60. The summed E-state index contributed by atoms with van der Waals surface area (Å²) in [4.78, 5) is 25.3. The topological polar surface area (TPSA) is 49.4 Å². The van der Waals surface area contributed by atoms with Crippen LogP contribution in [-0.4, -0.2) is 11.8 Å². The van der Waals surface area contributed by atoms with Crippen molar-refractivity contribution in [1.29, 1.82) is 0 Å². The summed E-state index contributed by atoms with van der Waals surface area (Å²) in [7, 11) is 0. The van der Waals surface area contributed by atoms with Crippen LogP contribution in [0.5, 0.6) is 0 Å². The molecule has 0 aliphatic carbocycles. The molecule has 0 saturated heterocycles. The van der Waals surface area contributed by atoms with E-state index in [2.05, 4.69) is 5.32 Å². The molecule has 23 heavy (non-hydrogen) atoms. The Kier molecular flexibility index (Phi) is 3.65. The Hall–Kier alpha value is -3.02. The smallest absolute Gasteiger partial charge is 0.281 e. The predicted molar refractivity (Wildman–Crippen MR) is 81.7 cm³/mol. The summed E-state index contributed by atoms with van der Waals surface area (Å²) in [6.45, 7) is 1.31. The Labute approximate surface area is 131 Å². The summed E-state index contributed by atoms with van der Waals surface area (Å²) in [6.07, 6.45) is 1.10. The fraction of sp³-hybridized carbons (Fsp3) is 0.0588. The Morgan fingerprint density at radius 1 is 1.00 bits per heavy atom. The highest BCUT2D eigenvalue weighted by atomic mass is 19.1. The van der Waals surface area contributed by atoms with Gasteiger partial charge in [-0.05, 0) is 31.2 Å². The summed E-state index contributed by atoms with van der Waals surface area (Å²) in [5.74, 6) is -2.56. The van der Waals surface area contributed by atoms with Gasteiger partial charge < -0.3 is 5.32 Å². The first-order chi connectivity index (χ1) is 11.0. The minimum absolute atomic E-state index is 0.0403. The van der Waals surface area contributed by atoms with Crippen molar-refractivity contribution in [2.24, 2.45) is 0 Å². The molecule has 6 heteroatoms. The minimum atomic E-state index is -0.732. The number of carbonyl (C=O) groups excluding carboxylic acids is 2. The number of anilines is 2. The summed E-state index contributed by atoms with van der Waals surface area (Å²) < 4.78 is 27.1. The highest BCUT2D eigenvalue weighted by molar-refractivity contribution is 6.31. The van der Waals surface area contributed by atoms with Crippen LogP contribution < -0.4 is 10.2 Å². The van der Waals surface area contributed by atoms with Gasteiger partial charge in [-0.1, -0.05) is 18.2 Å². The first kappa shape index (κ1) is 14.9. The standard InChI is InChI=1S/C17H12F2N2O2/c1-10-13(18)7-11(8-14(10)19)20-15-9-16(22)21(17(15)23)12-5-3-2-4-6-12/h2-9,20H,1H3. The maximum Gasteiger partial charge on any atom is 0.281 e. The molecule has 1 N–H and O–H groups in total. The number of amides is 2. The second-order valence-electron chi connectivity index (χ2n) is 5.06. The van der Waals surface area contributed by atoms with Gasteiger partial charge >= 0.3 is 0 Å².